The van der Waals surface area contributed by atoms with Crippen molar-refractivity contribution in [2.24, 2.45) is 10.7 Å². The second-order valence-corrected chi connectivity index (χ2v) is 6.87. The monoisotopic (exact) mass is 351 g/mol. The smallest absolute Gasteiger partial charge is 0.196 e. The van der Waals surface area contributed by atoms with E-state index < -0.39 is 0 Å². The van der Waals surface area contributed by atoms with Crippen LogP contribution >= 0.6 is 15.9 Å². The van der Waals surface area contributed by atoms with Crippen LogP contribution in [0.2, 0.25) is 0 Å². The first kappa shape index (κ1) is 14.9. The molecule has 5 heteroatoms. The third kappa shape index (κ3) is 2.81. The summed E-state index contributed by atoms with van der Waals surface area (Å²) in [6.45, 7) is 3.77. The normalized spacial score (nSPS) is 29.0. The Morgan fingerprint density at radius 3 is 3.14 bits per heavy atom. The maximum Gasteiger partial charge on any atom is 0.196 e. The van der Waals surface area contributed by atoms with Crippen molar-refractivity contribution < 1.29 is 4.74 Å². The van der Waals surface area contributed by atoms with Gasteiger partial charge in [0.25, 0.3) is 0 Å². The topological polar surface area (TPSA) is 50.9 Å². The highest BCUT2D eigenvalue weighted by Gasteiger charge is 2.46. The second kappa shape index (κ2) is 5.97. The van der Waals surface area contributed by atoms with E-state index in [0.717, 1.165) is 49.0 Å². The molecule has 1 aromatic carbocycles. The van der Waals surface area contributed by atoms with E-state index in [-0.39, 0.29) is 5.54 Å². The Morgan fingerprint density at radius 1 is 1.52 bits per heavy atom. The molecule has 1 aromatic rings. The molecule has 3 rings (SSSR count). The number of ether oxygens (including phenoxy) is 1. The summed E-state index contributed by atoms with van der Waals surface area (Å²) in [7, 11) is 0. The lowest BCUT2D eigenvalue weighted by atomic mass is 9.84. The predicted octanol–water partition coefficient (Wildman–Crippen LogP) is 3.30. The number of anilines is 1. The number of nitrogens with zero attached hydrogens (tertiary/aromatic N) is 2. The van der Waals surface area contributed by atoms with Gasteiger partial charge in [-0.25, -0.2) is 0 Å². The maximum atomic E-state index is 6.21. The van der Waals surface area contributed by atoms with Crippen LogP contribution in [0.15, 0.2) is 33.7 Å². The van der Waals surface area contributed by atoms with Gasteiger partial charge in [-0.15, -0.1) is 0 Å². The van der Waals surface area contributed by atoms with Gasteiger partial charge >= 0.3 is 0 Å². The Bertz CT molecular complexity index is 546. The molecule has 2 aliphatic rings. The van der Waals surface area contributed by atoms with Gasteiger partial charge in [0.05, 0.1) is 18.2 Å². The zero-order valence-corrected chi connectivity index (χ0v) is 14.0. The van der Waals surface area contributed by atoms with E-state index in [4.69, 9.17) is 10.5 Å². The molecule has 21 heavy (non-hydrogen) atoms. The molecular weight excluding hydrogens is 330 g/mol. The van der Waals surface area contributed by atoms with E-state index in [2.05, 4.69) is 44.9 Å². The molecule has 0 amide bonds. The van der Waals surface area contributed by atoms with Crippen LogP contribution in [-0.2, 0) is 4.74 Å². The van der Waals surface area contributed by atoms with Gasteiger partial charge in [0.1, 0.15) is 0 Å². The molecule has 4 nitrogen and oxygen atoms in total. The summed E-state index contributed by atoms with van der Waals surface area (Å²) >= 11 is 3.55. The molecule has 2 heterocycles. The van der Waals surface area contributed by atoms with Crippen molar-refractivity contribution in [2.45, 2.75) is 44.2 Å². The molecule has 2 aliphatic heterocycles. The average Bonchev–Trinajstić information content (AvgIpc) is 2.76. The van der Waals surface area contributed by atoms with E-state index in [1.807, 2.05) is 12.1 Å². The predicted molar refractivity (Wildman–Crippen MR) is 89.7 cm³/mol. The average molecular weight is 352 g/mol. The van der Waals surface area contributed by atoms with E-state index in [1.54, 1.807) is 0 Å². The molecule has 0 aliphatic carbocycles. The van der Waals surface area contributed by atoms with Crippen LogP contribution < -0.4 is 10.6 Å². The summed E-state index contributed by atoms with van der Waals surface area (Å²) in [5.74, 6) is 0.630. The summed E-state index contributed by atoms with van der Waals surface area (Å²) < 4.78 is 6.98. The molecule has 2 N–H and O–H groups in total. The number of hydrogen-bond donors (Lipinski definition) is 1. The van der Waals surface area contributed by atoms with Crippen molar-refractivity contribution in [3.63, 3.8) is 0 Å². The molecule has 0 saturated carbocycles. The van der Waals surface area contributed by atoms with Crippen LogP contribution in [0.5, 0.6) is 0 Å². The van der Waals surface area contributed by atoms with E-state index in [1.165, 1.54) is 0 Å². The number of aliphatic imine (C=N–C) groups is 1. The van der Waals surface area contributed by atoms with Crippen LogP contribution in [0.3, 0.4) is 0 Å². The number of rotatable bonds is 3. The van der Waals surface area contributed by atoms with Crippen LogP contribution in [0.4, 0.5) is 5.69 Å². The summed E-state index contributed by atoms with van der Waals surface area (Å²) in [4.78, 5) is 6.77. The van der Waals surface area contributed by atoms with E-state index in [9.17, 15) is 0 Å². The summed E-state index contributed by atoms with van der Waals surface area (Å²) in [6.07, 6.45) is 4.54. The molecule has 0 radical (unpaired) electrons. The van der Waals surface area contributed by atoms with Gasteiger partial charge < -0.3 is 15.4 Å². The molecule has 1 fully saturated rings. The molecule has 114 valence electrons. The standard InChI is InChI=1S/C16H22BrN3O/c1-2-4-14-10-16(7-8-21-14)11-19-15(18)20(16)13-6-3-5-12(17)9-13/h3,5-6,9,14H,2,4,7-8,10-11H2,1H3,(H2,18,19). The SMILES string of the molecule is CCCC1CC2(CCO1)CN=C(N)N2c1cccc(Br)c1. The fourth-order valence-corrected chi connectivity index (χ4v) is 3.88. The van der Waals surface area contributed by atoms with Crippen molar-refractivity contribution in [2.75, 3.05) is 18.1 Å². The molecule has 2 unspecified atom stereocenters. The van der Waals surface area contributed by atoms with Gasteiger partial charge in [-0.1, -0.05) is 35.3 Å². The first-order valence-corrected chi connectivity index (χ1v) is 8.41. The number of nitrogens with two attached hydrogens (primary N) is 1. The quantitative estimate of drug-likeness (QED) is 0.908. The first-order valence-electron chi connectivity index (χ1n) is 7.62. The third-order valence-electron chi connectivity index (χ3n) is 4.44. The zero-order valence-electron chi connectivity index (χ0n) is 12.4. The van der Waals surface area contributed by atoms with Gasteiger partial charge in [0.2, 0.25) is 0 Å². The minimum Gasteiger partial charge on any atom is -0.378 e. The third-order valence-corrected chi connectivity index (χ3v) is 4.94. The Hall–Kier alpha value is -1.07. The number of benzene rings is 1. The van der Waals surface area contributed by atoms with Crippen molar-refractivity contribution in [3.8, 4) is 0 Å². The highest BCUT2D eigenvalue weighted by atomic mass is 79.9. The highest BCUT2D eigenvalue weighted by molar-refractivity contribution is 9.10. The van der Waals surface area contributed by atoms with Gasteiger partial charge in [0.15, 0.2) is 5.96 Å². The first-order chi connectivity index (χ1) is 10.1. The Kier molecular flexibility index (Phi) is 4.22. The Labute approximate surface area is 134 Å². The van der Waals surface area contributed by atoms with Gasteiger partial charge in [-0.05, 0) is 37.5 Å². The van der Waals surface area contributed by atoms with Gasteiger partial charge in [-0.3, -0.25) is 4.99 Å². The molecule has 1 spiro atoms. The summed E-state index contributed by atoms with van der Waals surface area (Å²) in [5, 5.41) is 0. The zero-order chi connectivity index (χ0) is 14.9. The molecule has 1 saturated heterocycles. The summed E-state index contributed by atoms with van der Waals surface area (Å²) in [6, 6.07) is 8.29. The number of guanidine groups is 1. The van der Waals surface area contributed by atoms with E-state index in [0.29, 0.717) is 12.1 Å². The molecule has 0 bridgehead atoms. The van der Waals surface area contributed by atoms with Crippen molar-refractivity contribution >= 4 is 27.6 Å². The fourth-order valence-electron chi connectivity index (χ4n) is 3.49. The molecule has 0 aromatic heterocycles. The van der Waals surface area contributed by atoms with E-state index >= 15 is 0 Å². The Morgan fingerprint density at radius 2 is 2.38 bits per heavy atom. The largest absolute Gasteiger partial charge is 0.378 e. The van der Waals surface area contributed by atoms with Crippen molar-refractivity contribution in [3.05, 3.63) is 28.7 Å². The number of halogens is 1. The Balaban J connectivity index is 1.91. The van der Waals surface area contributed by atoms with Crippen molar-refractivity contribution in [1.29, 1.82) is 0 Å². The minimum absolute atomic E-state index is 0.0109. The lowest BCUT2D eigenvalue weighted by Crippen LogP contribution is -2.56. The summed E-state index contributed by atoms with van der Waals surface area (Å²) in [5.41, 5.74) is 7.31. The van der Waals surface area contributed by atoms with Crippen molar-refractivity contribution in [1.82, 2.24) is 0 Å². The fraction of sp³-hybridized carbons (Fsp3) is 0.562. The molecular formula is C16H22BrN3O. The van der Waals surface area contributed by atoms with Gasteiger partial charge in [-0.2, -0.15) is 0 Å². The van der Waals surface area contributed by atoms with Crippen LogP contribution in [0.1, 0.15) is 32.6 Å². The van der Waals surface area contributed by atoms with Crippen LogP contribution in [0.25, 0.3) is 0 Å². The number of hydrogen-bond acceptors (Lipinski definition) is 4. The van der Waals surface area contributed by atoms with Crippen LogP contribution in [0, 0.1) is 0 Å². The lowest BCUT2D eigenvalue weighted by molar-refractivity contribution is -0.0180. The molecule has 2 atom stereocenters. The maximum absolute atomic E-state index is 6.21. The minimum atomic E-state index is -0.0109. The highest BCUT2D eigenvalue weighted by Crippen LogP contribution is 2.39. The van der Waals surface area contributed by atoms with Crippen LogP contribution in [-0.4, -0.2) is 30.8 Å². The van der Waals surface area contributed by atoms with Gasteiger partial charge in [0, 0.05) is 16.8 Å². The second-order valence-electron chi connectivity index (χ2n) is 5.95. The lowest BCUT2D eigenvalue weighted by Gasteiger charge is -2.44.